The largest absolute Gasteiger partial charge is 0.505 e. The Bertz CT molecular complexity index is 629. The van der Waals surface area contributed by atoms with Crippen molar-refractivity contribution in [3.63, 3.8) is 0 Å². The predicted octanol–water partition coefficient (Wildman–Crippen LogP) is 4.22. The second-order valence-electron chi connectivity index (χ2n) is 5.49. The minimum absolute atomic E-state index is 0.308. The monoisotopic (exact) mass is 283 g/mol. The number of hydrogen-bond donors (Lipinski definition) is 3. The van der Waals surface area contributed by atoms with Crippen molar-refractivity contribution in [3.05, 3.63) is 47.5 Å². The van der Waals surface area contributed by atoms with Crippen LogP contribution in [0.3, 0.4) is 0 Å². The molecule has 0 spiro atoms. The summed E-state index contributed by atoms with van der Waals surface area (Å²) in [6.45, 7) is 4.13. The Hall–Kier alpha value is -2.36. The number of nitrogens with zero attached hydrogens (tertiary/aromatic N) is 1. The van der Waals surface area contributed by atoms with Gasteiger partial charge < -0.3 is 5.11 Å². The third-order valence-corrected chi connectivity index (χ3v) is 3.79. The molecule has 0 fully saturated rings. The van der Waals surface area contributed by atoms with E-state index in [9.17, 15) is 5.11 Å². The van der Waals surface area contributed by atoms with Gasteiger partial charge in [-0.25, -0.2) is 0 Å². The molecule has 0 saturated carbocycles. The Morgan fingerprint density at radius 3 is 2.38 bits per heavy atom. The first-order valence-electron chi connectivity index (χ1n) is 7.44. The molecule has 2 aromatic rings. The van der Waals surface area contributed by atoms with Gasteiger partial charge in [0.25, 0.3) is 0 Å². The zero-order valence-electron chi connectivity index (χ0n) is 12.5. The third kappa shape index (κ3) is 2.61. The maximum atomic E-state index is 10.4. The molecule has 0 aliphatic carbocycles. The van der Waals surface area contributed by atoms with Crippen molar-refractivity contribution in [1.82, 2.24) is 0 Å². The Morgan fingerprint density at radius 1 is 1.10 bits per heavy atom. The Labute approximate surface area is 125 Å². The first kappa shape index (κ1) is 13.6. The normalized spacial score (nSPS) is 12.8. The van der Waals surface area contributed by atoms with Gasteiger partial charge in [0.15, 0.2) is 0 Å². The van der Waals surface area contributed by atoms with E-state index in [1.54, 1.807) is 5.12 Å². The van der Waals surface area contributed by atoms with Crippen molar-refractivity contribution >= 4 is 17.1 Å². The summed E-state index contributed by atoms with van der Waals surface area (Å²) >= 11 is 0. The van der Waals surface area contributed by atoms with Gasteiger partial charge in [-0.05, 0) is 49.1 Å². The molecule has 0 amide bonds. The number of rotatable bonds is 4. The van der Waals surface area contributed by atoms with E-state index < -0.39 is 0 Å². The van der Waals surface area contributed by atoms with Crippen molar-refractivity contribution in [2.75, 3.05) is 16.0 Å². The summed E-state index contributed by atoms with van der Waals surface area (Å²) in [7, 11) is 0. The molecule has 1 aliphatic rings. The second kappa shape index (κ2) is 5.56. The summed E-state index contributed by atoms with van der Waals surface area (Å²) in [6, 6.07) is 12.1. The zero-order chi connectivity index (χ0) is 14.8. The number of para-hydroxylation sites is 2. The first-order valence-corrected chi connectivity index (χ1v) is 7.44. The highest BCUT2D eigenvalue weighted by Gasteiger charge is 2.21. The van der Waals surface area contributed by atoms with Gasteiger partial charge in [0.2, 0.25) is 0 Å². The number of phenolic OH excluding ortho intramolecular Hbond substituents is 1. The number of phenols is 1. The first-order chi connectivity index (χ1) is 10.2. The quantitative estimate of drug-likeness (QED) is 0.786. The number of unbranched alkanes of at least 4 members (excludes halogenated alkanes) is 1. The van der Waals surface area contributed by atoms with Crippen molar-refractivity contribution in [2.45, 2.75) is 33.1 Å². The van der Waals surface area contributed by atoms with Crippen LogP contribution in [-0.4, -0.2) is 5.11 Å². The highest BCUT2D eigenvalue weighted by Crippen LogP contribution is 2.37. The predicted molar refractivity (Wildman–Crippen MR) is 87.6 cm³/mol. The smallest absolute Gasteiger partial charge is 0.145 e. The number of benzene rings is 2. The van der Waals surface area contributed by atoms with Crippen LogP contribution in [0.1, 0.15) is 30.9 Å². The number of aryl methyl sites for hydroxylation is 2. The van der Waals surface area contributed by atoms with E-state index in [1.165, 1.54) is 12.0 Å². The van der Waals surface area contributed by atoms with Crippen LogP contribution in [0.15, 0.2) is 36.4 Å². The molecule has 3 N–H and O–H groups in total. The molecule has 0 radical (unpaired) electrons. The number of hydrogen-bond acceptors (Lipinski definition) is 4. The van der Waals surface area contributed by atoms with Gasteiger partial charge in [-0.15, -0.1) is 0 Å². The van der Waals surface area contributed by atoms with Crippen LogP contribution in [-0.2, 0) is 6.42 Å². The lowest BCUT2D eigenvalue weighted by molar-refractivity contribution is 0.471. The number of aromatic hydroxyl groups is 1. The average molecular weight is 283 g/mol. The summed E-state index contributed by atoms with van der Waals surface area (Å²) < 4.78 is 0. The molecule has 4 nitrogen and oxygen atoms in total. The third-order valence-electron chi connectivity index (χ3n) is 3.79. The molecular weight excluding hydrogens is 262 g/mol. The van der Waals surface area contributed by atoms with Crippen LogP contribution in [0.25, 0.3) is 0 Å². The van der Waals surface area contributed by atoms with Crippen LogP contribution in [0, 0.1) is 6.92 Å². The lowest BCUT2D eigenvalue weighted by Gasteiger charge is -2.22. The minimum atomic E-state index is 0.308. The molecule has 0 atom stereocenters. The minimum Gasteiger partial charge on any atom is -0.505 e. The maximum Gasteiger partial charge on any atom is 0.145 e. The standard InChI is InChI=1S/C17H21N3O/c1-3-4-7-13-10-12(2)17(21)16(11-13)20-18-14-8-5-6-9-15(14)19-20/h5-6,8-11,18-19,21H,3-4,7H2,1-2H3. The van der Waals surface area contributed by atoms with Crippen molar-refractivity contribution < 1.29 is 5.11 Å². The van der Waals surface area contributed by atoms with Crippen LogP contribution < -0.4 is 16.0 Å². The van der Waals surface area contributed by atoms with Crippen LogP contribution >= 0.6 is 0 Å². The van der Waals surface area contributed by atoms with Crippen molar-refractivity contribution in [1.29, 1.82) is 0 Å². The van der Waals surface area contributed by atoms with Crippen molar-refractivity contribution in [2.24, 2.45) is 0 Å². The van der Waals surface area contributed by atoms with Gasteiger partial charge in [0.05, 0.1) is 11.4 Å². The van der Waals surface area contributed by atoms with Crippen molar-refractivity contribution in [3.8, 4) is 5.75 Å². The Morgan fingerprint density at radius 2 is 1.76 bits per heavy atom. The van der Waals surface area contributed by atoms with Gasteiger partial charge in [0.1, 0.15) is 11.4 Å². The summed E-state index contributed by atoms with van der Waals surface area (Å²) in [5, 5.41) is 12.1. The lowest BCUT2D eigenvalue weighted by Crippen LogP contribution is -2.29. The van der Waals surface area contributed by atoms with E-state index in [-0.39, 0.29) is 0 Å². The molecule has 1 heterocycles. The highest BCUT2D eigenvalue weighted by atomic mass is 16.3. The van der Waals surface area contributed by atoms with Crippen LogP contribution in [0.4, 0.5) is 17.1 Å². The Kier molecular flexibility index (Phi) is 3.60. The SMILES string of the molecule is CCCCc1cc(C)c(O)c(N2Nc3ccccc3N2)c1. The summed E-state index contributed by atoms with van der Waals surface area (Å²) in [5.74, 6) is 0.308. The summed E-state index contributed by atoms with van der Waals surface area (Å²) in [6.07, 6.45) is 3.36. The second-order valence-corrected chi connectivity index (χ2v) is 5.49. The van der Waals surface area contributed by atoms with Crippen LogP contribution in [0.2, 0.25) is 0 Å². The molecule has 0 aromatic heterocycles. The summed E-state index contributed by atoms with van der Waals surface area (Å²) in [5.41, 5.74) is 11.5. The number of anilines is 3. The van der Waals surface area contributed by atoms with E-state index in [2.05, 4.69) is 23.8 Å². The zero-order valence-corrected chi connectivity index (χ0v) is 12.5. The van der Waals surface area contributed by atoms with E-state index in [0.717, 1.165) is 35.5 Å². The summed E-state index contributed by atoms with van der Waals surface area (Å²) in [4.78, 5) is 0. The van der Waals surface area contributed by atoms with Gasteiger partial charge in [0, 0.05) is 0 Å². The van der Waals surface area contributed by atoms with Crippen LogP contribution in [0.5, 0.6) is 5.75 Å². The molecule has 0 saturated heterocycles. The van der Waals surface area contributed by atoms with Gasteiger partial charge >= 0.3 is 0 Å². The fourth-order valence-electron chi connectivity index (χ4n) is 2.60. The molecule has 1 aliphatic heterocycles. The Balaban J connectivity index is 1.90. The van der Waals surface area contributed by atoms with Gasteiger partial charge in [-0.2, -0.15) is 5.12 Å². The van der Waals surface area contributed by atoms with Gasteiger partial charge in [-0.1, -0.05) is 31.5 Å². The van der Waals surface area contributed by atoms with E-state index in [1.807, 2.05) is 37.3 Å². The fourth-order valence-corrected chi connectivity index (χ4v) is 2.60. The topological polar surface area (TPSA) is 47.5 Å². The van der Waals surface area contributed by atoms with E-state index in [4.69, 9.17) is 0 Å². The molecule has 0 unspecified atom stereocenters. The fraction of sp³-hybridized carbons (Fsp3) is 0.294. The number of nitrogens with one attached hydrogen (secondary N) is 2. The van der Waals surface area contributed by atoms with E-state index >= 15 is 0 Å². The lowest BCUT2D eigenvalue weighted by atomic mass is 10.0. The van der Waals surface area contributed by atoms with Gasteiger partial charge in [-0.3, -0.25) is 10.9 Å². The number of fused-ring (bicyclic) bond motifs is 1. The number of hydrazine groups is 2. The highest BCUT2D eigenvalue weighted by molar-refractivity contribution is 5.81. The molecule has 4 heteroatoms. The molecule has 0 bridgehead atoms. The molecule has 2 aromatic carbocycles. The molecule has 21 heavy (non-hydrogen) atoms. The molecular formula is C17H21N3O. The molecule has 110 valence electrons. The molecule has 3 rings (SSSR count). The average Bonchev–Trinajstić information content (AvgIpc) is 2.92. The maximum absolute atomic E-state index is 10.4. The van der Waals surface area contributed by atoms with E-state index in [0.29, 0.717) is 5.75 Å².